The van der Waals surface area contributed by atoms with E-state index < -0.39 is 69.9 Å². The highest BCUT2D eigenvalue weighted by Gasteiger charge is 2.52. The summed E-state index contributed by atoms with van der Waals surface area (Å²) < 4.78 is 116. The van der Waals surface area contributed by atoms with Gasteiger partial charge in [-0.2, -0.15) is 17.6 Å². The van der Waals surface area contributed by atoms with Crippen molar-refractivity contribution in [2.24, 2.45) is 0 Å². The van der Waals surface area contributed by atoms with E-state index in [9.17, 15) is 41.7 Å². The lowest BCUT2D eigenvalue weighted by atomic mass is 10.3. The molecule has 1 aromatic rings. The molecule has 1 heterocycles. The Balaban J connectivity index is 2.12. The van der Waals surface area contributed by atoms with Crippen molar-refractivity contribution in [3.05, 3.63) is 22.4 Å². The van der Waals surface area contributed by atoms with Crippen LogP contribution in [0.5, 0.6) is 0 Å². The number of halogens is 6. The highest BCUT2D eigenvalue weighted by molar-refractivity contribution is 7.09. The van der Waals surface area contributed by atoms with Crippen molar-refractivity contribution in [2.45, 2.75) is 43.2 Å². The van der Waals surface area contributed by atoms with Crippen molar-refractivity contribution < 1.29 is 84.7 Å². The van der Waals surface area contributed by atoms with E-state index in [4.69, 9.17) is 24.1 Å². The lowest BCUT2D eigenvalue weighted by molar-refractivity contribution is -0.518. The van der Waals surface area contributed by atoms with Gasteiger partial charge in [0.1, 0.15) is 31.5 Å². The van der Waals surface area contributed by atoms with Crippen molar-refractivity contribution in [1.82, 2.24) is 0 Å². The molecule has 0 bridgehead atoms. The molecular formula is C24H38F6O12S. The van der Waals surface area contributed by atoms with Gasteiger partial charge in [-0.1, -0.05) is 6.07 Å². The second kappa shape index (κ2) is 21.5. The molecule has 1 rings (SSSR count). The number of rotatable bonds is 28. The number of thiophene rings is 1. The molecule has 3 unspecified atom stereocenters. The van der Waals surface area contributed by atoms with Crippen molar-refractivity contribution in [3.63, 3.8) is 0 Å². The Morgan fingerprint density at radius 2 is 1.09 bits per heavy atom. The zero-order chi connectivity index (χ0) is 32.2. The van der Waals surface area contributed by atoms with Gasteiger partial charge in [0.15, 0.2) is 0 Å². The molecule has 1 aromatic heterocycles. The molecule has 0 aromatic carbocycles. The Hall–Kier alpha value is -1.20. The molecule has 0 spiro atoms. The second-order valence-electron chi connectivity index (χ2n) is 8.79. The normalized spacial score (nSPS) is 15.1. The number of ether oxygens (including phenoxy) is 8. The summed E-state index contributed by atoms with van der Waals surface area (Å²) in [5.74, 6) is 0. The Bertz CT molecular complexity index is 812. The third kappa shape index (κ3) is 22.0. The van der Waals surface area contributed by atoms with Gasteiger partial charge in [0.2, 0.25) is 0 Å². The first-order valence-electron chi connectivity index (χ1n) is 12.9. The fraction of sp³-hybridized carbons (Fsp3) is 0.833. The molecular weight excluding hydrogens is 626 g/mol. The molecule has 0 aliphatic rings. The predicted molar refractivity (Wildman–Crippen MR) is 135 cm³/mol. The minimum Gasteiger partial charge on any atom is -0.394 e. The van der Waals surface area contributed by atoms with Gasteiger partial charge in [0.25, 0.3) is 0 Å². The van der Waals surface area contributed by atoms with Gasteiger partial charge < -0.3 is 48.8 Å². The monoisotopic (exact) mass is 664 g/mol. The summed E-state index contributed by atoms with van der Waals surface area (Å²) in [6.45, 7) is -6.40. The molecule has 0 aliphatic carbocycles. The smallest absolute Gasteiger partial charge is 0.394 e. The highest BCUT2D eigenvalue weighted by atomic mass is 32.1. The summed E-state index contributed by atoms with van der Waals surface area (Å²) in [6, 6.07) is 3.89. The summed E-state index contributed by atoms with van der Waals surface area (Å²) >= 11 is 1.59. The third-order valence-corrected chi connectivity index (χ3v) is 5.55. The third-order valence-electron chi connectivity index (χ3n) is 4.62. The van der Waals surface area contributed by atoms with Gasteiger partial charge in [0, 0.05) is 11.3 Å². The van der Waals surface area contributed by atoms with Crippen molar-refractivity contribution in [3.8, 4) is 0 Å². The zero-order valence-corrected chi connectivity index (χ0v) is 23.9. The first-order chi connectivity index (χ1) is 20.2. The van der Waals surface area contributed by atoms with Crippen LogP contribution in [0.1, 0.15) is 4.88 Å². The van der Waals surface area contributed by atoms with Crippen LogP contribution < -0.4 is 0 Å². The molecule has 19 heteroatoms. The predicted octanol–water partition coefficient (Wildman–Crippen LogP) is 1.23. The maximum Gasteiger partial charge on any atom is 0.495 e. The summed E-state index contributed by atoms with van der Waals surface area (Å²) in [7, 11) is 0. The Morgan fingerprint density at radius 3 is 1.63 bits per heavy atom. The molecule has 43 heavy (non-hydrogen) atoms. The van der Waals surface area contributed by atoms with Crippen LogP contribution in [-0.2, 0) is 44.3 Å². The number of hydrogen-bond donors (Lipinski definition) is 4. The summed E-state index contributed by atoms with van der Waals surface area (Å²) in [6.07, 6.45) is -17.8. The van der Waals surface area contributed by atoms with Gasteiger partial charge in [-0.15, -0.1) is 20.1 Å². The highest BCUT2D eigenvalue weighted by Crippen LogP contribution is 2.33. The Labute approximate surface area is 247 Å². The fourth-order valence-corrected chi connectivity index (χ4v) is 3.58. The number of aliphatic hydroxyl groups is 4. The number of hydrogen-bond acceptors (Lipinski definition) is 13. The van der Waals surface area contributed by atoms with E-state index in [1.807, 2.05) is 17.5 Å². The molecule has 3 atom stereocenters. The largest absolute Gasteiger partial charge is 0.495 e. The van der Waals surface area contributed by atoms with E-state index in [-0.39, 0.29) is 46.2 Å². The van der Waals surface area contributed by atoms with Gasteiger partial charge in [0.05, 0.1) is 72.7 Å². The Morgan fingerprint density at radius 1 is 0.628 bits per heavy atom. The maximum absolute atomic E-state index is 13.6. The minimum absolute atomic E-state index is 0.0348. The van der Waals surface area contributed by atoms with E-state index in [2.05, 4.69) is 18.9 Å². The number of alkyl halides is 6. The van der Waals surface area contributed by atoms with Crippen molar-refractivity contribution >= 4 is 11.3 Å². The SMILES string of the molecule is OCCOCC(O)COCC(F)(F)OC(F)(F)OC(F)(F)COCCOCC(O)COCC(O)COCCc1cccs1. The number of aliphatic hydroxyl groups excluding tert-OH is 4. The minimum atomic E-state index is -5.45. The summed E-state index contributed by atoms with van der Waals surface area (Å²) in [5.41, 5.74) is 0. The van der Waals surface area contributed by atoms with Crippen LogP contribution in [0.4, 0.5) is 26.3 Å². The quantitative estimate of drug-likeness (QED) is 0.0579. The average molecular weight is 665 g/mol. The van der Waals surface area contributed by atoms with Crippen LogP contribution in [0.25, 0.3) is 0 Å². The average Bonchev–Trinajstić information content (AvgIpc) is 3.41. The molecule has 4 N–H and O–H groups in total. The fourth-order valence-electron chi connectivity index (χ4n) is 2.88. The van der Waals surface area contributed by atoms with Gasteiger partial charge in [-0.25, -0.2) is 9.47 Å². The van der Waals surface area contributed by atoms with Crippen LogP contribution in [0.15, 0.2) is 17.5 Å². The zero-order valence-electron chi connectivity index (χ0n) is 23.1. The van der Waals surface area contributed by atoms with Crippen LogP contribution in [0.3, 0.4) is 0 Å². The van der Waals surface area contributed by atoms with Gasteiger partial charge >= 0.3 is 18.5 Å². The first-order valence-corrected chi connectivity index (χ1v) is 13.8. The lowest BCUT2D eigenvalue weighted by Crippen LogP contribution is -2.44. The molecule has 12 nitrogen and oxygen atoms in total. The van der Waals surface area contributed by atoms with Gasteiger partial charge in [-0.05, 0) is 11.4 Å². The van der Waals surface area contributed by atoms with E-state index in [1.54, 1.807) is 11.3 Å². The molecule has 0 fully saturated rings. The van der Waals surface area contributed by atoms with E-state index in [1.165, 1.54) is 0 Å². The van der Waals surface area contributed by atoms with Crippen LogP contribution in [0, 0.1) is 0 Å². The van der Waals surface area contributed by atoms with Crippen LogP contribution in [-0.4, -0.2) is 143 Å². The molecule has 0 amide bonds. The van der Waals surface area contributed by atoms with Crippen molar-refractivity contribution in [2.75, 3.05) is 85.9 Å². The summed E-state index contributed by atoms with van der Waals surface area (Å²) in [4.78, 5) is 1.15. The molecule has 254 valence electrons. The van der Waals surface area contributed by atoms with E-state index in [0.29, 0.717) is 13.0 Å². The standard InChI is InChI=1S/C24H38F6O12S/c25-22(26,41-24(29,30)42-23(27,28)17-40-15-20(34)11-36-6-4-31)16-38-8-7-37-12-19(33)14-39-13-18(32)10-35-5-3-21-2-1-9-43-21/h1-2,9,18-20,31-34H,3-8,10-17H2. The van der Waals surface area contributed by atoms with E-state index in [0.717, 1.165) is 4.88 Å². The molecule has 0 saturated carbocycles. The molecule has 0 aliphatic heterocycles. The maximum atomic E-state index is 13.6. The van der Waals surface area contributed by atoms with Gasteiger partial charge in [-0.3, -0.25) is 0 Å². The van der Waals surface area contributed by atoms with Crippen molar-refractivity contribution in [1.29, 1.82) is 0 Å². The first kappa shape index (κ1) is 39.8. The lowest BCUT2D eigenvalue weighted by Gasteiger charge is -2.26. The molecule has 0 saturated heterocycles. The molecule has 0 radical (unpaired) electrons. The van der Waals surface area contributed by atoms with E-state index >= 15 is 0 Å². The van der Waals surface area contributed by atoms with Crippen LogP contribution >= 0.6 is 11.3 Å². The van der Waals surface area contributed by atoms with Crippen LogP contribution in [0.2, 0.25) is 0 Å². The second-order valence-corrected chi connectivity index (χ2v) is 9.82. The Kier molecular flexibility index (Phi) is 19.9. The topological polar surface area (TPSA) is 155 Å². The summed E-state index contributed by atoms with van der Waals surface area (Å²) in [5, 5.41) is 39.4.